The fourth-order valence-electron chi connectivity index (χ4n) is 2.80. The molecule has 2 heterocycles. The molecule has 114 valence electrons. The van der Waals surface area contributed by atoms with Gasteiger partial charge in [-0.2, -0.15) is 0 Å². The average Bonchev–Trinajstić information content (AvgIpc) is 2.54. The van der Waals surface area contributed by atoms with Crippen LogP contribution in [-0.2, 0) is 0 Å². The second kappa shape index (κ2) is 6.05. The van der Waals surface area contributed by atoms with Crippen molar-refractivity contribution < 1.29 is 4.79 Å². The first-order valence-electron chi connectivity index (χ1n) is 7.44. The predicted molar refractivity (Wildman–Crippen MR) is 86.4 cm³/mol. The Bertz CT molecular complexity index is 716. The highest BCUT2D eigenvalue weighted by molar-refractivity contribution is 5.94. The van der Waals surface area contributed by atoms with Gasteiger partial charge >= 0.3 is 0 Å². The lowest BCUT2D eigenvalue weighted by Gasteiger charge is -2.36. The van der Waals surface area contributed by atoms with Crippen molar-refractivity contribution in [2.24, 2.45) is 0 Å². The van der Waals surface area contributed by atoms with Crippen LogP contribution in [0.2, 0.25) is 0 Å². The number of nitrogens with one attached hydrogen (secondary N) is 1. The third kappa shape index (κ3) is 3.03. The van der Waals surface area contributed by atoms with E-state index >= 15 is 0 Å². The van der Waals surface area contributed by atoms with Crippen molar-refractivity contribution in [1.29, 1.82) is 0 Å². The van der Waals surface area contributed by atoms with Crippen molar-refractivity contribution in [1.82, 2.24) is 9.88 Å². The van der Waals surface area contributed by atoms with E-state index in [4.69, 9.17) is 0 Å². The van der Waals surface area contributed by atoms with Gasteiger partial charge < -0.3 is 14.8 Å². The first-order valence-corrected chi connectivity index (χ1v) is 7.44. The Kier molecular flexibility index (Phi) is 3.96. The van der Waals surface area contributed by atoms with Gasteiger partial charge in [-0.25, -0.2) is 0 Å². The number of para-hydroxylation sites is 1. The summed E-state index contributed by atoms with van der Waals surface area (Å²) >= 11 is 0. The number of hydrogen-bond acceptors (Lipinski definition) is 3. The molecule has 3 rings (SSSR count). The third-order valence-electron chi connectivity index (χ3n) is 3.91. The number of anilines is 1. The van der Waals surface area contributed by atoms with Gasteiger partial charge in [-0.15, -0.1) is 0 Å². The van der Waals surface area contributed by atoms with E-state index in [1.165, 1.54) is 11.8 Å². The zero-order valence-corrected chi connectivity index (χ0v) is 12.6. The number of aromatic amines is 1. The number of carbonyl (C=O) groups is 1. The van der Waals surface area contributed by atoms with Crippen LogP contribution in [0.1, 0.15) is 16.1 Å². The summed E-state index contributed by atoms with van der Waals surface area (Å²) in [5.74, 6) is -0.0677. The maximum atomic E-state index is 12.5. The van der Waals surface area contributed by atoms with Crippen molar-refractivity contribution >= 4 is 11.6 Å². The highest BCUT2D eigenvalue weighted by atomic mass is 16.2. The van der Waals surface area contributed by atoms with Crippen LogP contribution in [-0.4, -0.2) is 42.0 Å². The van der Waals surface area contributed by atoms with E-state index < -0.39 is 0 Å². The first-order chi connectivity index (χ1) is 10.6. The van der Waals surface area contributed by atoms with Crippen LogP contribution < -0.4 is 10.5 Å². The molecule has 0 aliphatic carbocycles. The van der Waals surface area contributed by atoms with E-state index in [-0.39, 0.29) is 11.5 Å². The molecule has 1 amide bonds. The van der Waals surface area contributed by atoms with E-state index in [0.717, 1.165) is 13.1 Å². The van der Waals surface area contributed by atoms with Gasteiger partial charge in [0.15, 0.2) is 0 Å². The number of hydrogen-bond donors (Lipinski definition) is 1. The van der Waals surface area contributed by atoms with Gasteiger partial charge in [0.05, 0.1) is 0 Å². The SMILES string of the molecule is Cc1cc(C(=O)N2CCN(c3ccccc3)CC2)cc(=O)[nH]1. The van der Waals surface area contributed by atoms with Gasteiger partial charge in [-0.05, 0) is 25.1 Å². The highest BCUT2D eigenvalue weighted by Crippen LogP contribution is 2.16. The van der Waals surface area contributed by atoms with Gasteiger partial charge in [-0.1, -0.05) is 18.2 Å². The average molecular weight is 297 g/mol. The fraction of sp³-hybridized carbons (Fsp3) is 0.294. The Morgan fingerprint density at radius 1 is 1.05 bits per heavy atom. The number of benzene rings is 1. The summed E-state index contributed by atoms with van der Waals surface area (Å²) in [5, 5.41) is 0. The lowest BCUT2D eigenvalue weighted by molar-refractivity contribution is 0.0746. The molecule has 1 aromatic carbocycles. The number of piperazine rings is 1. The molecule has 1 aliphatic heterocycles. The van der Waals surface area contributed by atoms with Crippen molar-refractivity contribution in [3.05, 3.63) is 64.1 Å². The molecule has 1 saturated heterocycles. The van der Waals surface area contributed by atoms with Gasteiger partial charge in [0, 0.05) is 49.2 Å². The van der Waals surface area contributed by atoms with Crippen LogP contribution in [0.25, 0.3) is 0 Å². The first kappa shape index (κ1) is 14.4. The standard InChI is InChI=1S/C17H19N3O2/c1-13-11-14(12-16(21)18-13)17(22)20-9-7-19(8-10-20)15-5-3-2-4-6-15/h2-6,11-12H,7-10H2,1H3,(H,18,21). The second-order valence-corrected chi connectivity index (χ2v) is 5.53. The lowest BCUT2D eigenvalue weighted by atomic mass is 10.2. The summed E-state index contributed by atoms with van der Waals surface area (Å²) in [7, 11) is 0. The molecule has 0 spiro atoms. The van der Waals surface area contributed by atoms with E-state index in [1.54, 1.807) is 13.0 Å². The maximum absolute atomic E-state index is 12.5. The number of aromatic nitrogens is 1. The van der Waals surface area contributed by atoms with Gasteiger partial charge in [0.25, 0.3) is 5.91 Å². The minimum Gasteiger partial charge on any atom is -0.368 e. The molecule has 2 aromatic rings. The van der Waals surface area contributed by atoms with Crippen LogP contribution in [0.15, 0.2) is 47.3 Å². The monoisotopic (exact) mass is 297 g/mol. The molecule has 1 aromatic heterocycles. The Labute approximate surface area is 129 Å². The zero-order chi connectivity index (χ0) is 15.5. The number of H-pyrrole nitrogens is 1. The van der Waals surface area contributed by atoms with E-state index in [2.05, 4.69) is 22.0 Å². The molecule has 0 radical (unpaired) electrons. The fourth-order valence-corrected chi connectivity index (χ4v) is 2.80. The van der Waals surface area contributed by atoms with Crippen LogP contribution in [0, 0.1) is 6.92 Å². The van der Waals surface area contributed by atoms with Gasteiger partial charge in [0.2, 0.25) is 5.56 Å². The number of amides is 1. The Morgan fingerprint density at radius 3 is 2.36 bits per heavy atom. The zero-order valence-electron chi connectivity index (χ0n) is 12.6. The van der Waals surface area contributed by atoms with Crippen molar-refractivity contribution in [3.63, 3.8) is 0 Å². The number of carbonyl (C=O) groups excluding carboxylic acids is 1. The van der Waals surface area contributed by atoms with Gasteiger partial charge in [-0.3, -0.25) is 9.59 Å². The molecule has 5 nitrogen and oxygen atoms in total. The molecule has 0 bridgehead atoms. The molecule has 1 N–H and O–H groups in total. The topological polar surface area (TPSA) is 56.4 Å². The predicted octanol–water partition coefficient (Wildman–Crippen LogP) is 1.65. The summed E-state index contributed by atoms with van der Waals surface area (Å²) in [6, 6.07) is 13.3. The summed E-state index contributed by atoms with van der Waals surface area (Å²) in [4.78, 5) is 30.7. The molecule has 22 heavy (non-hydrogen) atoms. The largest absolute Gasteiger partial charge is 0.368 e. The van der Waals surface area contributed by atoms with Crippen molar-refractivity contribution in [2.45, 2.75) is 6.92 Å². The van der Waals surface area contributed by atoms with Crippen LogP contribution in [0.5, 0.6) is 0 Å². The van der Waals surface area contributed by atoms with Crippen LogP contribution in [0.3, 0.4) is 0 Å². The molecule has 0 unspecified atom stereocenters. The highest BCUT2D eigenvalue weighted by Gasteiger charge is 2.22. The van der Waals surface area contributed by atoms with E-state index in [1.807, 2.05) is 23.1 Å². The summed E-state index contributed by atoms with van der Waals surface area (Å²) in [6.07, 6.45) is 0. The molecular formula is C17H19N3O2. The van der Waals surface area contributed by atoms with Crippen molar-refractivity contribution in [3.8, 4) is 0 Å². The number of nitrogens with zero attached hydrogens (tertiary/aromatic N) is 2. The minimum absolute atomic E-state index is 0.0677. The van der Waals surface area contributed by atoms with Crippen molar-refractivity contribution in [2.75, 3.05) is 31.1 Å². The number of rotatable bonds is 2. The Hall–Kier alpha value is -2.56. The second-order valence-electron chi connectivity index (χ2n) is 5.53. The molecule has 1 fully saturated rings. The van der Waals surface area contributed by atoms with Crippen LogP contribution in [0.4, 0.5) is 5.69 Å². The van der Waals surface area contributed by atoms with E-state index in [9.17, 15) is 9.59 Å². The lowest BCUT2D eigenvalue weighted by Crippen LogP contribution is -2.49. The molecule has 5 heteroatoms. The summed E-state index contributed by atoms with van der Waals surface area (Å²) in [5.41, 5.74) is 2.13. The quantitative estimate of drug-likeness (QED) is 0.917. The number of pyridine rings is 1. The number of aryl methyl sites for hydroxylation is 1. The normalized spacial score (nSPS) is 15.0. The van der Waals surface area contributed by atoms with Crippen LogP contribution >= 0.6 is 0 Å². The summed E-state index contributed by atoms with van der Waals surface area (Å²) in [6.45, 7) is 4.72. The minimum atomic E-state index is -0.230. The summed E-state index contributed by atoms with van der Waals surface area (Å²) < 4.78 is 0. The maximum Gasteiger partial charge on any atom is 0.254 e. The van der Waals surface area contributed by atoms with Gasteiger partial charge in [0.1, 0.15) is 0 Å². The Balaban J connectivity index is 1.68. The molecular weight excluding hydrogens is 278 g/mol. The molecule has 1 aliphatic rings. The Morgan fingerprint density at radius 2 is 1.73 bits per heavy atom. The molecule has 0 saturated carbocycles. The third-order valence-corrected chi connectivity index (χ3v) is 3.91. The smallest absolute Gasteiger partial charge is 0.254 e. The molecule has 0 atom stereocenters. The van der Waals surface area contributed by atoms with E-state index in [0.29, 0.717) is 24.3 Å².